The molecule has 22 heavy (non-hydrogen) atoms. The summed E-state index contributed by atoms with van der Waals surface area (Å²) in [4.78, 5) is -0.399. The van der Waals surface area contributed by atoms with Crippen molar-refractivity contribution >= 4 is 31.5 Å². The fourth-order valence-electron chi connectivity index (χ4n) is 2.07. The van der Waals surface area contributed by atoms with Crippen LogP contribution >= 0.6 is 15.9 Å². The van der Waals surface area contributed by atoms with Crippen LogP contribution in [0.3, 0.4) is 0 Å². The largest absolute Gasteiger partial charge is 0.377 e. The minimum Gasteiger partial charge on any atom is -0.377 e. The van der Waals surface area contributed by atoms with Crippen LogP contribution in [0.2, 0.25) is 0 Å². The third-order valence-corrected chi connectivity index (χ3v) is 5.33. The van der Waals surface area contributed by atoms with E-state index in [0.717, 1.165) is 10.0 Å². The number of benzene rings is 2. The molecule has 0 saturated carbocycles. The number of hydrogen-bond donors (Lipinski definition) is 1. The molecule has 0 aliphatic heterocycles. The number of para-hydroxylation sites is 1. The first-order valence-corrected chi connectivity index (χ1v) is 8.80. The van der Waals surface area contributed by atoms with Gasteiger partial charge in [0.15, 0.2) is 0 Å². The standard InChI is InChI=1S/C15H14BrF2NO2S/c1-10(11-6-2-3-7-12(11)16)19-13-8-4-5-9-14(13)22(20,21)15(17)18/h2-10,15,19H,1H3. The van der Waals surface area contributed by atoms with Gasteiger partial charge < -0.3 is 5.32 Å². The van der Waals surface area contributed by atoms with E-state index in [1.54, 1.807) is 6.07 Å². The fourth-order valence-corrected chi connectivity index (χ4v) is 3.59. The SMILES string of the molecule is CC(Nc1ccccc1S(=O)(=O)C(F)F)c1ccccc1Br. The molecular formula is C15H14BrF2NO2S. The van der Waals surface area contributed by atoms with Gasteiger partial charge in [-0.25, -0.2) is 8.42 Å². The van der Waals surface area contributed by atoms with E-state index in [4.69, 9.17) is 0 Å². The quantitative estimate of drug-likeness (QED) is 0.811. The van der Waals surface area contributed by atoms with Crippen LogP contribution in [0.25, 0.3) is 0 Å². The molecule has 0 aromatic heterocycles. The molecule has 1 unspecified atom stereocenters. The zero-order chi connectivity index (χ0) is 16.3. The lowest BCUT2D eigenvalue weighted by Crippen LogP contribution is -2.15. The minimum atomic E-state index is -4.65. The molecule has 2 rings (SSSR count). The molecule has 0 amide bonds. The van der Waals surface area contributed by atoms with Gasteiger partial charge in [0.25, 0.3) is 0 Å². The summed E-state index contributed by atoms with van der Waals surface area (Å²) in [5, 5.41) is 2.99. The maximum Gasteiger partial charge on any atom is 0.341 e. The molecule has 0 fully saturated rings. The Morgan fingerprint density at radius 1 is 1.05 bits per heavy atom. The van der Waals surface area contributed by atoms with E-state index in [1.807, 2.05) is 31.2 Å². The second kappa shape index (κ2) is 6.75. The van der Waals surface area contributed by atoms with E-state index in [1.165, 1.54) is 18.2 Å². The number of nitrogens with one attached hydrogen (secondary N) is 1. The third-order valence-electron chi connectivity index (χ3n) is 3.17. The highest BCUT2D eigenvalue weighted by atomic mass is 79.9. The van der Waals surface area contributed by atoms with E-state index in [-0.39, 0.29) is 11.7 Å². The topological polar surface area (TPSA) is 46.2 Å². The van der Waals surface area contributed by atoms with E-state index < -0.39 is 20.5 Å². The number of halogens is 3. The van der Waals surface area contributed by atoms with Crippen molar-refractivity contribution in [2.24, 2.45) is 0 Å². The molecule has 0 spiro atoms. The molecule has 7 heteroatoms. The Labute approximate surface area is 136 Å². The summed E-state index contributed by atoms with van der Waals surface area (Å²) in [6, 6.07) is 12.8. The Kier molecular flexibility index (Phi) is 5.18. The van der Waals surface area contributed by atoms with Crippen molar-refractivity contribution in [3.63, 3.8) is 0 Å². The predicted octanol–water partition coefficient (Wildman–Crippen LogP) is 4.62. The molecule has 0 saturated heterocycles. The van der Waals surface area contributed by atoms with Crippen molar-refractivity contribution in [3.05, 3.63) is 58.6 Å². The summed E-state index contributed by atoms with van der Waals surface area (Å²) in [7, 11) is -4.65. The van der Waals surface area contributed by atoms with Gasteiger partial charge in [0.2, 0.25) is 9.84 Å². The Morgan fingerprint density at radius 2 is 1.64 bits per heavy atom. The second-order valence-corrected chi connectivity index (χ2v) is 7.43. The molecule has 1 atom stereocenters. The Hall–Kier alpha value is -1.47. The van der Waals surface area contributed by atoms with Crippen LogP contribution in [0, 0.1) is 0 Å². The summed E-state index contributed by atoms with van der Waals surface area (Å²) >= 11 is 3.41. The van der Waals surface area contributed by atoms with Gasteiger partial charge in [0.05, 0.1) is 10.6 Å². The highest BCUT2D eigenvalue weighted by molar-refractivity contribution is 9.10. The van der Waals surface area contributed by atoms with Crippen LogP contribution in [0.4, 0.5) is 14.5 Å². The molecule has 2 aromatic rings. The summed E-state index contributed by atoms with van der Waals surface area (Å²) in [5.74, 6) is -3.45. The summed E-state index contributed by atoms with van der Waals surface area (Å²) in [6.45, 7) is 1.83. The average Bonchev–Trinajstić information content (AvgIpc) is 2.47. The number of anilines is 1. The molecular weight excluding hydrogens is 376 g/mol. The summed E-state index contributed by atoms with van der Waals surface area (Å²) in [6.07, 6.45) is 0. The lowest BCUT2D eigenvalue weighted by molar-refractivity contribution is 0.235. The summed E-state index contributed by atoms with van der Waals surface area (Å²) < 4.78 is 49.9. The van der Waals surface area contributed by atoms with E-state index in [9.17, 15) is 17.2 Å². The van der Waals surface area contributed by atoms with Gasteiger partial charge in [-0.1, -0.05) is 46.3 Å². The van der Waals surface area contributed by atoms with Crippen LogP contribution in [0.15, 0.2) is 57.9 Å². The number of sulfone groups is 1. The van der Waals surface area contributed by atoms with Crippen molar-refractivity contribution in [3.8, 4) is 0 Å². The van der Waals surface area contributed by atoms with Crippen molar-refractivity contribution in [1.29, 1.82) is 0 Å². The van der Waals surface area contributed by atoms with Gasteiger partial charge in [-0.15, -0.1) is 0 Å². The molecule has 0 heterocycles. The molecule has 2 aromatic carbocycles. The first kappa shape index (κ1) is 16.9. The van der Waals surface area contributed by atoms with Crippen LogP contribution in [0.1, 0.15) is 18.5 Å². The van der Waals surface area contributed by atoms with Gasteiger partial charge in [0.1, 0.15) is 0 Å². The normalized spacial score (nSPS) is 13.1. The number of rotatable bonds is 5. The fraction of sp³-hybridized carbons (Fsp3) is 0.200. The zero-order valence-corrected chi connectivity index (χ0v) is 14.0. The van der Waals surface area contributed by atoms with Gasteiger partial charge in [-0.2, -0.15) is 8.78 Å². The van der Waals surface area contributed by atoms with Gasteiger partial charge in [-0.3, -0.25) is 0 Å². The van der Waals surface area contributed by atoms with E-state index in [2.05, 4.69) is 21.2 Å². The Morgan fingerprint density at radius 3 is 2.27 bits per heavy atom. The molecule has 3 nitrogen and oxygen atoms in total. The molecule has 118 valence electrons. The maximum absolute atomic E-state index is 12.8. The maximum atomic E-state index is 12.8. The van der Waals surface area contributed by atoms with Crippen molar-refractivity contribution < 1.29 is 17.2 Å². The first-order valence-electron chi connectivity index (χ1n) is 6.46. The minimum absolute atomic E-state index is 0.158. The highest BCUT2D eigenvalue weighted by Gasteiger charge is 2.29. The highest BCUT2D eigenvalue weighted by Crippen LogP contribution is 2.31. The van der Waals surface area contributed by atoms with Crippen molar-refractivity contribution in [1.82, 2.24) is 0 Å². The van der Waals surface area contributed by atoms with Crippen LogP contribution < -0.4 is 5.32 Å². The van der Waals surface area contributed by atoms with Gasteiger partial charge in [-0.05, 0) is 30.7 Å². The molecule has 1 N–H and O–H groups in total. The lowest BCUT2D eigenvalue weighted by atomic mass is 10.1. The molecule has 0 aliphatic carbocycles. The van der Waals surface area contributed by atoms with Crippen molar-refractivity contribution in [2.75, 3.05) is 5.32 Å². The van der Waals surface area contributed by atoms with E-state index in [0.29, 0.717) is 0 Å². The third kappa shape index (κ3) is 3.47. The zero-order valence-electron chi connectivity index (χ0n) is 11.6. The first-order chi connectivity index (χ1) is 10.3. The van der Waals surface area contributed by atoms with Crippen LogP contribution in [-0.4, -0.2) is 14.2 Å². The molecule has 0 aliphatic rings. The van der Waals surface area contributed by atoms with Gasteiger partial charge >= 0.3 is 5.76 Å². The molecule has 0 bridgehead atoms. The Balaban J connectivity index is 2.38. The van der Waals surface area contributed by atoms with Crippen LogP contribution in [0.5, 0.6) is 0 Å². The summed E-state index contributed by atoms with van der Waals surface area (Å²) in [5.41, 5.74) is 1.05. The monoisotopic (exact) mass is 389 g/mol. The second-order valence-electron chi connectivity index (χ2n) is 4.69. The van der Waals surface area contributed by atoms with Gasteiger partial charge in [0, 0.05) is 10.5 Å². The smallest absolute Gasteiger partial charge is 0.341 e. The average molecular weight is 390 g/mol. The number of hydrogen-bond acceptors (Lipinski definition) is 3. The van der Waals surface area contributed by atoms with E-state index >= 15 is 0 Å². The lowest BCUT2D eigenvalue weighted by Gasteiger charge is -2.19. The number of alkyl halides is 2. The van der Waals surface area contributed by atoms with Crippen LogP contribution in [-0.2, 0) is 9.84 Å². The molecule has 0 radical (unpaired) electrons. The predicted molar refractivity (Wildman–Crippen MR) is 85.8 cm³/mol. The Bertz CT molecular complexity index is 766. The van der Waals surface area contributed by atoms with Crippen molar-refractivity contribution in [2.45, 2.75) is 23.6 Å².